The van der Waals surface area contributed by atoms with Crippen molar-refractivity contribution in [1.82, 2.24) is 10.2 Å². The standard InChI is InChI=1S/C15H24N2O4/c18-14(19)8-11-21-13-6-9-17(10-7-13)15(20)16-12-4-2-1-3-5-12/h1-2,12-13H,3-11H2,(H,16,20)(H,18,19). The topological polar surface area (TPSA) is 78.9 Å². The monoisotopic (exact) mass is 296 g/mol. The van der Waals surface area contributed by atoms with Gasteiger partial charge in [-0.3, -0.25) is 4.79 Å². The third kappa shape index (κ3) is 5.38. The van der Waals surface area contributed by atoms with Crippen LogP contribution < -0.4 is 5.32 Å². The number of rotatable bonds is 5. The number of ether oxygens (including phenoxy) is 1. The summed E-state index contributed by atoms with van der Waals surface area (Å²) in [5.74, 6) is -0.839. The van der Waals surface area contributed by atoms with Crippen LogP contribution in [0.15, 0.2) is 12.2 Å². The summed E-state index contributed by atoms with van der Waals surface area (Å²) in [7, 11) is 0. The molecule has 0 radical (unpaired) electrons. The average molecular weight is 296 g/mol. The molecule has 2 aliphatic rings. The molecule has 6 nitrogen and oxygen atoms in total. The van der Waals surface area contributed by atoms with Crippen molar-refractivity contribution in [3.63, 3.8) is 0 Å². The van der Waals surface area contributed by atoms with Crippen LogP contribution in [-0.2, 0) is 9.53 Å². The number of hydrogen-bond acceptors (Lipinski definition) is 3. The van der Waals surface area contributed by atoms with Gasteiger partial charge in [0.05, 0.1) is 19.1 Å². The van der Waals surface area contributed by atoms with Crippen LogP contribution in [0.2, 0.25) is 0 Å². The highest BCUT2D eigenvalue weighted by molar-refractivity contribution is 5.74. The molecule has 0 spiro atoms. The first kappa shape index (κ1) is 15.8. The van der Waals surface area contributed by atoms with Gasteiger partial charge in [0.15, 0.2) is 0 Å². The van der Waals surface area contributed by atoms with Gasteiger partial charge in [0.25, 0.3) is 0 Å². The lowest BCUT2D eigenvalue weighted by molar-refractivity contribution is -0.138. The number of urea groups is 1. The van der Waals surface area contributed by atoms with Crippen molar-refractivity contribution in [2.45, 2.75) is 50.7 Å². The first-order valence-corrected chi connectivity index (χ1v) is 7.69. The lowest BCUT2D eigenvalue weighted by Crippen LogP contribution is -2.49. The fraction of sp³-hybridized carbons (Fsp3) is 0.733. The lowest BCUT2D eigenvalue weighted by atomic mass is 10.0. The molecule has 6 heteroatoms. The van der Waals surface area contributed by atoms with Crippen molar-refractivity contribution in [1.29, 1.82) is 0 Å². The molecule has 0 aromatic heterocycles. The van der Waals surface area contributed by atoms with Gasteiger partial charge in [-0.15, -0.1) is 0 Å². The Hall–Kier alpha value is -1.56. The van der Waals surface area contributed by atoms with Gasteiger partial charge >= 0.3 is 12.0 Å². The summed E-state index contributed by atoms with van der Waals surface area (Å²) < 4.78 is 5.52. The van der Waals surface area contributed by atoms with Gasteiger partial charge in [0, 0.05) is 19.1 Å². The number of carboxylic acid groups (broad SMARTS) is 1. The second-order valence-electron chi connectivity index (χ2n) is 5.63. The minimum atomic E-state index is -0.839. The Morgan fingerprint density at radius 3 is 2.62 bits per heavy atom. The molecule has 1 atom stereocenters. The number of amides is 2. The molecule has 1 aliphatic carbocycles. The van der Waals surface area contributed by atoms with Crippen molar-refractivity contribution in [2.24, 2.45) is 0 Å². The van der Waals surface area contributed by atoms with E-state index in [1.54, 1.807) is 0 Å². The van der Waals surface area contributed by atoms with E-state index in [2.05, 4.69) is 17.5 Å². The lowest BCUT2D eigenvalue weighted by Gasteiger charge is -2.33. The zero-order valence-corrected chi connectivity index (χ0v) is 12.3. The molecule has 21 heavy (non-hydrogen) atoms. The Kier molecular flexibility index (Phi) is 6.04. The summed E-state index contributed by atoms with van der Waals surface area (Å²) in [6.45, 7) is 1.60. The third-order valence-corrected chi connectivity index (χ3v) is 4.00. The zero-order chi connectivity index (χ0) is 15.1. The van der Waals surface area contributed by atoms with Crippen LogP contribution in [0.3, 0.4) is 0 Å². The fourth-order valence-electron chi connectivity index (χ4n) is 2.73. The van der Waals surface area contributed by atoms with Crippen LogP contribution in [0.25, 0.3) is 0 Å². The molecule has 1 saturated heterocycles. The van der Waals surface area contributed by atoms with Crippen molar-refractivity contribution in [3.05, 3.63) is 12.2 Å². The van der Waals surface area contributed by atoms with Crippen molar-refractivity contribution >= 4 is 12.0 Å². The van der Waals surface area contributed by atoms with E-state index in [1.165, 1.54) is 0 Å². The largest absolute Gasteiger partial charge is 0.481 e. The molecule has 0 aromatic carbocycles. The van der Waals surface area contributed by atoms with Crippen molar-refractivity contribution < 1.29 is 19.4 Å². The van der Waals surface area contributed by atoms with Gasteiger partial charge in [-0.2, -0.15) is 0 Å². The van der Waals surface area contributed by atoms with E-state index in [1.807, 2.05) is 4.90 Å². The number of allylic oxidation sites excluding steroid dienone is 1. The molecule has 0 aromatic rings. The van der Waals surface area contributed by atoms with E-state index in [4.69, 9.17) is 9.84 Å². The molecule has 2 rings (SSSR count). The number of carbonyl (C=O) groups excluding carboxylic acids is 1. The maximum Gasteiger partial charge on any atom is 0.317 e. The molecule has 0 bridgehead atoms. The van der Waals surface area contributed by atoms with E-state index in [0.29, 0.717) is 13.1 Å². The highest BCUT2D eigenvalue weighted by Gasteiger charge is 2.24. The van der Waals surface area contributed by atoms with Crippen LogP contribution in [0.1, 0.15) is 38.5 Å². The minimum Gasteiger partial charge on any atom is -0.481 e. The Labute approximate surface area is 125 Å². The summed E-state index contributed by atoms with van der Waals surface area (Å²) in [5.41, 5.74) is 0. The van der Waals surface area contributed by atoms with Gasteiger partial charge in [0.2, 0.25) is 0 Å². The maximum absolute atomic E-state index is 12.1. The van der Waals surface area contributed by atoms with Crippen LogP contribution in [-0.4, -0.2) is 53.8 Å². The molecule has 2 amide bonds. The predicted octanol–water partition coefficient (Wildman–Crippen LogP) is 1.76. The molecule has 118 valence electrons. The SMILES string of the molecule is O=C(O)CCOC1CCN(C(=O)NC2CC=CCC2)CC1. The average Bonchev–Trinajstić information content (AvgIpc) is 2.48. The second kappa shape index (κ2) is 8.02. The number of nitrogens with zero attached hydrogens (tertiary/aromatic N) is 1. The maximum atomic E-state index is 12.1. The first-order chi connectivity index (χ1) is 10.1. The van der Waals surface area contributed by atoms with Gasteiger partial charge in [-0.05, 0) is 32.1 Å². The summed E-state index contributed by atoms with van der Waals surface area (Å²) in [5, 5.41) is 11.6. The molecule has 1 unspecified atom stereocenters. The van der Waals surface area contributed by atoms with Gasteiger partial charge in [0.1, 0.15) is 0 Å². The zero-order valence-electron chi connectivity index (χ0n) is 12.3. The molecular weight excluding hydrogens is 272 g/mol. The molecule has 0 saturated carbocycles. The third-order valence-electron chi connectivity index (χ3n) is 4.00. The van der Waals surface area contributed by atoms with E-state index in [0.717, 1.165) is 32.1 Å². The Bertz CT molecular complexity index is 389. The number of aliphatic carboxylic acids is 1. The van der Waals surface area contributed by atoms with E-state index >= 15 is 0 Å². The number of nitrogens with one attached hydrogen (secondary N) is 1. The summed E-state index contributed by atoms with van der Waals surface area (Å²) in [6.07, 6.45) is 8.90. The molecule has 2 N–H and O–H groups in total. The van der Waals surface area contributed by atoms with E-state index < -0.39 is 5.97 Å². The van der Waals surface area contributed by atoms with Crippen LogP contribution in [0, 0.1) is 0 Å². The summed E-state index contributed by atoms with van der Waals surface area (Å²) in [6, 6.07) is 0.270. The minimum absolute atomic E-state index is 0.0132. The molecule has 1 aliphatic heterocycles. The Balaban J connectivity index is 1.64. The Morgan fingerprint density at radius 2 is 2.00 bits per heavy atom. The van der Waals surface area contributed by atoms with Crippen LogP contribution in [0.4, 0.5) is 4.79 Å². The molecular formula is C15H24N2O4. The van der Waals surface area contributed by atoms with Gasteiger partial charge in [-0.25, -0.2) is 4.79 Å². The van der Waals surface area contributed by atoms with Crippen molar-refractivity contribution in [2.75, 3.05) is 19.7 Å². The number of likely N-dealkylation sites (tertiary alicyclic amines) is 1. The van der Waals surface area contributed by atoms with E-state index in [-0.39, 0.29) is 31.2 Å². The van der Waals surface area contributed by atoms with Crippen LogP contribution in [0.5, 0.6) is 0 Å². The predicted molar refractivity (Wildman–Crippen MR) is 78.1 cm³/mol. The smallest absolute Gasteiger partial charge is 0.317 e. The van der Waals surface area contributed by atoms with Gasteiger partial charge in [-0.1, -0.05) is 12.2 Å². The quantitative estimate of drug-likeness (QED) is 0.758. The fourth-order valence-corrected chi connectivity index (χ4v) is 2.73. The second-order valence-corrected chi connectivity index (χ2v) is 5.63. The first-order valence-electron chi connectivity index (χ1n) is 7.69. The van der Waals surface area contributed by atoms with Gasteiger partial charge < -0.3 is 20.1 Å². The highest BCUT2D eigenvalue weighted by Crippen LogP contribution is 2.16. The van der Waals surface area contributed by atoms with Crippen molar-refractivity contribution in [3.8, 4) is 0 Å². The normalized spacial score (nSPS) is 23.0. The number of carbonyl (C=O) groups is 2. The summed E-state index contributed by atoms with van der Waals surface area (Å²) >= 11 is 0. The Morgan fingerprint density at radius 1 is 1.24 bits per heavy atom. The number of piperidine rings is 1. The highest BCUT2D eigenvalue weighted by atomic mass is 16.5. The summed E-state index contributed by atoms with van der Waals surface area (Å²) in [4.78, 5) is 24.4. The molecule has 1 fully saturated rings. The number of carboxylic acids is 1. The molecule has 1 heterocycles. The number of hydrogen-bond donors (Lipinski definition) is 2. The van der Waals surface area contributed by atoms with Crippen LogP contribution >= 0.6 is 0 Å². The van der Waals surface area contributed by atoms with E-state index in [9.17, 15) is 9.59 Å².